The smallest absolute Gasteiger partial charge is 0.410 e. The van der Waals surface area contributed by atoms with E-state index in [9.17, 15) is 4.79 Å². The molecule has 0 aliphatic carbocycles. The number of nitrogens with zero attached hydrogens (tertiary/aromatic N) is 4. The Bertz CT molecular complexity index is 412. The summed E-state index contributed by atoms with van der Waals surface area (Å²) < 4.78 is 7.01. The molecular weight excluding hydrogens is 234 g/mol. The lowest BCUT2D eigenvalue weighted by Gasteiger charge is -2.24. The summed E-state index contributed by atoms with van der Waals surface area (Å²) >= 11 is 0. The van der Waals surface area contributed by atoms with Crippen LogP contribution in [0.4, 0.5) is 4.79 Å². The molecule has 1 saturated heterocycles. The number of ether oxygens (including phenoxy) is 1. The van der Waals surface area contributed by atoms with Gasteiger partial charge in [-0.25, -0.2) is 9.48 Å². The lowest BCUT2D eigenvalue weighted by molar-refractivity contribution is 0.0287. The highest BCUT2D eigenvalue weighted by Gasteiger charge is 2.36. The number of aromatic nitrogens is 3. The molecular formula is C11H19N5O2. The van der Waals surface area contributed by atoms with Crippen molar-refractivity contribution in [3.63, 3.8) is 0 Å². The summed E-state index contributed by atoms with van der Waals surface area (Å²) in [5, 5.41) is 7.68. The molecule has 2 N–H and O–H groups in total. The Kier molecular flexibility index (Phi) is 3.25. The third-order valence-electron chi connectivity index (χ3n) is 2.77. The van der Waals surface area contributed by atoms with Crippen LogP contribution in [0, 0.1) is 0 Å². The van der Waals surface area contributed by atoms with Gasteiger partial charge < -0.3 is 15.4 Å². The van der Waals surface area contributed by atoms with Crippen LogP contribution in [0.2, 0.25) is 0 Å². The number of hydrogen-bond acceptors (Lipinski definition) is 5. The van der Waals surface area contributed by atoms with Crippen molar-refractivity contribution in [1.82, 2.24) is 19.9 Å². The molecule has 0 bridgehead atoms. The fourth-order valence-electron chi connectivity index (χ4n) is 1.96. The van der Waals surface area contributed by atoms with E-state index in [0.717, 1.165) is 0 Å². The van der Waals surface area contributed by atoms with Crippen LogP contribution in [0.25, 0.3) is 0 Å². The Labute approximate surface area is 106 Å². The van der Waals surface area contributed by atoms with E-state index in [2.05, 4.69) is 10.3 Å². The number of carbonyl (C=O) groups excluding carboxylic acids is 1. The molecule has 0 unspecified atom stereocenters. The molecule has 2 rings (SSSR count). The van der Waals surface area contributed by atoms with Crippen LogP contribution in [0.5, 0.6) is 0 Å². The molecule has 1 aliphatic heterocycles. The number of likely N-dealkylation sites (tertiary alicyclic amines) is 1. The van der Waals surface area contributed by atoms with Crippen molar-refractivity contribution in [2.45, 2.75) is 38.5 Å². The maximum atomic E-state index is 11.9. The van der Waals surface area contributed by atoms with Crippen LogP contribution in [0.15, 0.2) is 12.4 Å². The molecule has 1 aromatic heterocycles. The van der Waals surface area contributed by atoms with Gasteiger partial charge >= 0.3 is 6.09 Å². The van der Waals surface area contributed by atoms with E-state index in [4.69, 9.17) is 10.5 Å². The summed E-state index contributed by atoms with van der Waals surface area (Å²) in [4.78, 5) is 13.5. The van der Waals surface area contributed by atoms with Gasteiger partial charge in [0, 0.05) is 25.3 Å². The van der Waals surface area contributed by atoms with Gasteiger partial charge in [-0.15, -0.1) is 5.10 Å². The number of rotatable bonds is 1. The van der Waals surface area contributed by atoms with Gasteiger partial charge in [0.15, 0.2) is 0 Å². The lowest BCUT2D eigenvalue weighted by atomic mass is 10.2. The van der Waals surface area contributed by atoms with E-state index < -0.39 is 5.60 Å². The first-order chi connectivity index (χ1) is 8.37. The zero-order chi connectivity index (χ0) is 13.3. The van der Waals surface area contributed by atoms with Gasteiger partial charge in [0.25, 0.3) is 0 Å². The summed E-state index contributed by atoms with van der Waals surface area (Å²) in [6.45, 7) is 6.50. The minimum Gasteiger partial charge on any atom is -0.444 e. The lowest BCUT2D eigenvalue weighted by Crippen LogP contribution is -2.36. The largest absolute Gasteiger partial charge is 0.444 e. The maximum Gasteiger partial charge on any atom is 0.410 e. The summed E-state index contributed by atoms with van der Waals surface area (Å²) in [6, 6.07) is -0.195. The van der Waals surface area contributed by atoms with Gasteiger partial charge in [-0.1, -0.05) is 5.21 Å². The van der Waals surface area contributed by atoms with Crippen molar-refractivity contribution in [1.29, 1.82) is 0 Å². The molecule has 100 valence electrons. The monoisotopic (exact) mass is 253 g/mol. The molecule has 18 heavy (non-hydrogen) atoms. The van der Waals surface area contributed by atoms with E-state index in [1.54, 1.807) is 22.0 Å². The molecule has 1 aliphatic rings. The highest BCUT2D eigenvalue weighted by molar-refractivity contribution is 5.68. The quantitative estimate of drug-likeness (QED) is 0.782. The van der Waals surface area contributed by atoms with Crippen LogP contribution in [0.1, 0.15) is 26.8 Å². The first-order valence-corrected chi connectivity index (χ1v) is 5.96. The van der Waals surface area contributed by atoms with Crippen LogP contribution in [-0.4, -0.2) is 50.7 Å². The summed E-state index contributed by atoms with van der Waals surface area (Å²) in [6.07, 6.45) is 3.02. The predicted molar refractivity (Wildman–Crippen MR) is 64.8 cm³/mol. The molecule has 0 spiro atoms. The van der Waals surface area contributed by atoms with E-state index in [1.165, 1.54) is 0 Å². The van der Waals surface area contributed by atoms with E-state index in [-0.39, 0.29) is 18.2 Å². The van der Waals surface area contributed by atoms with Crippen LogP contribution in [0.3, 0.4) is 0 Å². The topological polar surface area (TPSA) is 86.3 Å². The average molecular weight is 253 g/mol. The van der Waals surface area contributed by atoms with Gasteiger partial charge in [-0.05, 0) is 20.8 Å². The highest BCUT2D eigenvalue weighted by atomic mass is 16.6. The second-order valence-electron chi connectivity index (χ2n) is 5.50. The van der Waals surface area contributed by atoms with Gasteiger partial charge in [0.1, 0.15) is 5.60 Å². The molecule has 7 heteroatoms. The minimum atomic E-state index is -0.494. The van der Waals surface area contributed by atoms with Crippen LogP contribution >= 0.6 is 0 Å². The summed E-state index contributed by atoms with van der Waals surface area (Å²) in [5.41, 5.74) is 5.53. The number of carbonyl (C=O) groups is 1. The first-order valence-electron chi connectivity index (χ1n) is 5.96. The van der Waals surface area contributed by atoms with Gasteiger partial charge in [-0.2, -0.15) is 0 Å². The molecule has 2 heterocycles. The molecule has 2 atom stereocenters. The second kappa shape index (κ2) is 4.56. The molecule has 7 nitrogen and oxygen atoms in total. The number of hydrogen-bond donors (Lipinski definition) is 1. The summed E-state index contributed by atoms with van der Waals surface area (Å²) in [5.74, 6) is 0. The van der Waals surface area contributed by atoms with E-state index >= 15 is 0 Å². The number of nitrogens with two attached hydrogens (primary N) is 1. The standard InChI is InChI=1S/C11H19N5O2/c1-11(2,3)18-10(17)15-6-8(12)9(7-15)16-5-4-13-14-16/h4-5,8-9H,6-7,12H2,1-3H3/t8-,9+/m1/s1. The molecule has 1 aromatic rings. The van der Waals surface area contributed by atoms with Crippen molar-refractivity contribution in [2.24, 2.45) is 5.73 Å². The molecule has 0 radical (unpaired) electrons. The summed E-state index contributed by atoms with van der Waals surface area (Å²) in [7, 11) is 0. The third kappa shape index (κ3) is 2.79. The molecule has 1 amide bonds. The predicted octanol–water partition coefficient (Wildman–Crippen LogP) is 0.397. The Morgan fingerprint density at radius 2 is 2.17 bits per heavy atom. The third-order valence-corrected chi connectivity index (χ3v) is 2.77. The van der Waals surface area contributed by atoms with Gasteiger partial charge in [-0.3, -0.25) is 0 Å². The van der Waals surface area contributed by atoms with Gasteiger partial charge in [0.05, 0.1) is 12.2 Å². The van der Waals surface area contributed by atoms with E-state index in [0.29, 0.717) is 13.1 Å². The normalized spacial score (nSPS) is 24.3. The van der Waals surface area contributed by atoms with Crippen molar-refractivity contribution in [2.75, 3.05) is 13.1 Å². The zero-order valence-electron chi connectivity index (χ0n) is 10.9. The van der Waals surface area contributed by atoms with Crippen molar-refractivity contribution >= 4 is 6.09 Å². The average Bonchev–Trinajstić information content (AvgIpc) is 2.82. The number of amides is 1. The van der Waals surface area contributed by atoms with Crippen molar-refractivity contribution in [3.8, 4) is 0 Å². The van der Waals surface area contributed by atoms with Gasteiger partial charge in [0.2, 0.25) is 0 Å². The fraction of sp³-hybridized carbons (Fsp3) is 0.727. The Balaban J connectivity index is 2.00. The first kappa shape index (κ1) is 12.8. The Morgan fingerprint density at radius 3 is 2.72 bits per heavy atom. The fourth-order valence-corrected chi connectivity index (χ4v) is 1.96. The van der Waals surface area contributed by atoms with E-state index in [1.807, 2.05) is 20.8 Å². The Morgan fingerprint density at radius 1 is 1.44 bits per heavy atom. The second-order valence-corrected chi connectivity index (χ2v) is 5.50. The molecule has 0 saturated carbocycles. The zero-order valence-corrected chi connectivity index (χ0v) is 10.9. The molecule has 0 aromatic carbocycles. The van der Waals surface area contributed by atoms with Crippen LogP contribution < -0.4 is 5.73 Å². The molecule has 1 fully saturated rings. The minimum absolute atomic E-state index is 0.0416. The van der Waals surface area contributed by atoms with Crippen molar-refractivity contribution in [3.05, 3.63) is 12.4 Å². The Hall–Kier alpha value is -1.63. The highest BCUT2D eigenvalue weighted by Crippen LogP contribution is 2.21. The van der Waals surface area contributed by atoms with Crippen LogP contribution in [-0.2, 0) is 4.74 Å². The SMILES string of the molecule is CC(C)(C)OC(=O)N1C[C@@H](N)[C@@H](n2ccnn2)C1. The maximum absolute atomic E-state index is 11.9. The van der Waals surface area contributed by atoms with Crippen molar-refractivity contribution < 1.29 is 9.53 Å².